The first-order valence-corrected chi connectivity index (χ1v) is 7.83. The van der Waals surface area contributed by atoms with Gasteiger partial charge in [0.25, 0.3) is 5.91 Å². The number of methoxy groups -OCH3 is 1. The topological polar surface area (TPSA) is 45.3 Å². The number of benzene rings is 2. The number of carbonyl (C=O) groups excluding carboxylic acids is 1. The molecular weight excluding hydrogens is 288 g/mol. The van der Waals surface area contributed by atoms with Gasteiger partial charge in [0, 0.05) is 35.4 Å². The van der Waals surface area contributed by atoms with Gasteiger partial charge in [-0.15, -0.1) is 0 Å². The monoisotopic (exact) mass is 306 g/mol. The maximum Gasteiger partial charge on any atom is 0.260 e. The Morgan fingerprint density at radius 3 is 2.96 bits per heavy atom. The number of aromatic amines is 1. The zero-order valence-corrected chi connectivity index (χ0v) is 13.0. The fraction of sp³-hybridized carbons (Fsp3) is 0.211. The third kappa shape index (κ3) is 2.27. The van der Waals surface area contributed by atoms with Crippen LogP contribution in [0, 0.1) is 0 Å². The molecule has 0 spiro atoms. The Labute approximate surface area is 134 Å². The third-order valence-electron chi connectivity index (χ3n) is 4.47. The number of aryl methyl sites for hydroxylation is 1. The summed E-state index contributed by atoms with van der Waals surface area (Å²) in [5, 5.41) is 0.929. The van der Waals surface area contributed by atoms with Crippen LogP contribution in [0.1, 0.15) is 22.3 Å². The van der Waals surface area contributed by atoms with Gasteiger partial charge in [-0.1, -0.05) is 18.2 Å². The first kappa shape index (κ1) is 13.9. The number of fused-ring (bicyclic) bond motifs is 2. The average Bonchev–Trinajstić information content (AvgIpc) is 3.03. The van der Waals surface area contributed by atoms with Crippen molar-refractivity contribution in [2.45, 2.75) is 12.8 Å². The molecule has 4 rings (SSSR count). The predicted molar refractivity (Wildman–Crippen MR) is 91.3 cm³/mol. The van der Waals surface area contributed by atoms with Crippen molar-refractivity contribution in [2.75, 3.05) is 18.6 Å². The second kappa shape index (κ2) is 5.47. The molecule has 3 aromatic rings. The van der Waals surface area contributed by atoms with Crippen LogP contribution in [0.25, 0.3) is 10.9 Å². The van der Waals surface area contributed by atoms with Crippen molar-refractivity contribution < 1.29 is 9.53 Å². The zero-order chi connectivity index (χ0) is 15.8. The van der Waals surface area contributed by atoms with E-state index in [4.69, 9.17) is 4.74 Å². The molecule has 0 saturated heterocycles. The summed E-state index contributed by atoms with van der Waals surface area (Å²) in [6.07, 6.45) is 3.83. The molecule has 1 N–H and O–H groups in total. The van der Waals surface area contributed by atoms with Crippen LogP contribution in [-0.2, 0) is 6.42 Å². The summed E-state index contributed by atoms with van der Waals surface area (Å²) in [6, 6.07) is 13.9. The fourth-order valence-corrected chi connectivity index (χ4v) is 3.30. The molecular formula is C19H18N2O2. The largest absolute Gasteiger partial charge is 0.497 e. The predicted octanol–water partition coefficient (Wildman–Crippen LogP) is 3.77. The minimum absolute atomic E-state index is 0.0496. The second-order valence-corrected chi connectivity index (χ2v) is 5.80. The number of ether oxygens (including phenoxy) is 1. The number of rotatable bonds is 2. The highest BCUT2D eigenvalue weighted by molar-refractivity contribution is 6.14. The van der Waals surface area contributed by atoms with Crippen LogP contribution in [0.3, 0.4) is 0 Å². The van der Waals surface area contributed by atoms with Crippen LogP contribution in [0.4, 0.5) is 5.69 Å². The van der Waals surface area contributed by atoms with Gasteiger partial charge in [-0.05, 0) is 36.6 Å². The number of hydrogen-bond donors (Lipinski definition) is 1. The first-order valence-electron chi connectivity index (χ1n) is 7.83. The Kier molecular flexibility index (Phi) is 3.30. The van der Waals surface area contributed by atoms with E-state index in [1.54, 1.807) is 13.3 Å². The van der Waals surface area contributed by atoms with Gasteiger partial charge in [-0.2, -0.15) is 0 Å². The van der Waals surface area contributed by atoms with Gasteiger partial charge in [0.15, 0.2) is 0 Å². The number of para-hydroxylation sites is 1. The molecule has 0 aliphatic carbocycles. The second-order valence-electron chi connectivity index (χ2n) is 5.80. The van der Waals surface area contributed by atoms with Crippen molar-refractivity contribution in [3.63, 3.8) is 0 Å². The standard InChI is InChI=1S/C19H18N2O2/c1-23-14-8-9-15-16(12-20-17(15)11-14)19(22)21-10-4-6-13-5-2-3-7-18(13)21/h2-3,5,7-9,11-12,20H,4,6,10H2,1H3. The molecule has 4 nitrogen and oxygen atoms in total. The molecule has 0 fully saturated rings. The molecule has 23 heavy (non-hydrogen) atoms. The van der Waals surface area contributed by atoms with Crippen LogP contribution >= 0.6 is 0 Å². The first-order chi connectivity index (χ1) is 11.3. The van der Waals surface area contributed by atoms with E-state index in [1.165, 1.54) is 5.56 Å². The van der Waals surface area contributed by atoms with Crippen molar-refractivity contribution in [3.05, 3.63) is 59.8 Å². The van der Waals surface area contributed by atoms with E-state index in [0.29, 0.717) is 5.56 Å². The Balaban J connectivity index is 1.76. The molecule has 0 radical (unpaired) electrons. The van der Waals surface area contributed by atoms with E-state index >= 15 is 0 Å². The quantitative estimate of drug-likeness (QED) is 0.783. The maximum atomic E-state index is 13.1. The number of amides is 1. The molecule has 2 aromatic carbocycles. The van der Waals surface area contributed by atoms with Crippen molar-refractivity contribution in [3.8, 4) is 5.75 Å². The number of carbonyl (C=O) groups is 1. The van der Waals surface area contributed by atoms with Crippen molar-refractivity contribution in [2.24, 2.45) is 0 Å². The van der Waals surface area contributed by atoms with E-state index < -0.39 is 0 Å². The fourth-order valence-electron chi connectivity index (χ4n) is 3.30. The van der Waals surface area contributed by atoms with Gasteiger partial charge >= 0.3 is 0 Å². The third-order valence-corrected chi connectivity index (χ3v) is 4.47. The molecule has 0 atom stereocenters. The van der Waals surface area contributed by atoms with E-state index in [1.807, 2.05) is 41.3 Å². The summed E-state index contributed by atoms with van der Waals surface area (Å²) in [5.74, 6) is 0.829. The van der Waals surface area contributed by atoms with Gasteiger partial charge in [0.2, 0.25) is 0 Å². The van der Waals surface area contributed by atoms with Crippen molar-refractivity contribution in [1.29, 1.82) is 0 Å². The van der Waals surface area contributed by atoms with Crippen molar-refractivity contribution in [1.82, 2.24) is 4.98 Å². The number of aromatic nitrogens is 1. The number of hydrogen-bond acceptors (Lipinski definition) is 2. The van der Waals surface area contributed by atoms with E-state index in [2.05, 4.69) is 11.1 Å². The SMILES string of the molecule is COc1ccc2c(C(=O)N3CCCc4ccccc43)c[nH]c2c1. The lowest BCUT2D eigenvalue weighted by Crippen LogP contribution is -2.35. The van der Waals surface area contributed by atoms with Gasteiger partial charge < -0.3 is 14.6 Å². The smallest absolute Gasteiger partial charge is 0.260 e. The summed E-state index contributed by atoms with van der Waals surface area (Å²) in [5.41, 5.74) is 3.90. The molecule has 0 saturated carbocycles. The minimum atomic E-state index is 0.0496. The molecule has 4 heteroatoms. The highest BCUT2D eigenvalue weighted by atomic mass is 16.5. The van der Waals surface area contributed by atoms with Crippen LogP contribution in [-0.4, -0.2) is 24.5 Å². The summed E-state index contributed by atoms with van der Waals surface area (Å²) in [6.45, 7) is 0.763. The highest BCUT2D eigenvalue weighted by Crippen LogP contribution is 2.30. The van der Waals surface area contributed by atoms with Crippen molar-refractivity contribution >= 4 is 22.5 Å². The van der Waals surface area contributed by atoms with E-state index in [-0.39, 0.29) is 5.91 Å². The van der Waals surface area contributed by atoms with Crippen LogP contribution in [0.5, 0.6) is 5.75 Å². The lowest BCUT2D eigenvalue weighted by molar-refractivity contribution is 0.0986. The number of anilines is 1. The molecule has 1 aromatic heterocycles. The number of nitrogens with zero attached hydrogens (tertiary/aromatic N) is 1. The molecule has 2 heterocycles. The highest BCUT2D eigenvalue weighted by Gasteiger charge is 2.25. The van der Waals surface area contributed by atoms with Crippen LogP contribution < -0.4 is 9.64 Å². The molecule has 1 amide bonds. The average molecular weight is 306 g/mol. The lowest BCUT2D eigenvalue weighted by Gasteiger charge is -2.29. The van der Waals surface area contributed by atoms with Gasteiger partial charge in [-0.25, -0.2) is 0 Å². The number of nitrogens with one attached hydrogen (secondary N) is 1. The molecule has 116 valence electrons. The summed E-state index contributed by atoms with van der Waals surface area (Å²) in [4.78, 5) is 18.1. The number of H-pyrrole nitrogens is 1. The summed E-state index contributed by atoms with van der Waals surface area (Å²) < 4.78 is 5.24. The van der Waals surface area contributed by atoms with Gasteiger partial charge in [0.1, 0.15) is 5.75 Å². The lowest BCUT2D eigenvalue weighted by atomic mass is 10.0. The Bertz CT molecular complexity index is 882. The molecule has 0 unspecified atom stereocenters. The van der Waals surface area contributed by atoms with E-state index in [9.17, 15) is 4.79 Å². The van der Waals surface area contributed by atoms with Crippen LogP contribution in [0.15, 0.2) is 48.7 Å². The maximum absolute atomic E-state index is 13.1. The van der Waals surface area contributed by atoms with Crippen LogP contribution in [0.2, 0.25) is 0 Å². The molecule has 1 aliphatic heterocycles. The van der Waals surface area contributed by atoms with E-state index in [0.717, 1.165) is 41.7 Å². The Morgan fingerprint density at radius 1 is 1.22 bits per heavy atom. The zero-order valence-electron chi connectivity index (χ0n) is 13.0. The Morgan fingerprint density at radius 2 is 2.09 bits per heavy atom. The summed E-state index contributed by atoms with van der Waals surface area (Å²) in [7, 11) is 1.64. The summed E-state index contributed by atoms with van der Waals surface area (Å²) >= 11 is 0. The normalized spacial score (nSPS) is 13.9. The van der Waals surface area contributed by atoms with Gasteiger partial charge in [0.05, 0.1) is 12.7 Å². The molecule has 1 aliphatic rings. The Hall–Kier alpha value is -2.75. The molecule has 0 bridgehead atoms. The minimum Gasteiger partial charge on any atom is -0.497 e. The van der Waals surface area contributed by atoms with Gasteiger partial charge in [-0.3, -0.25) is 4.79 Å².